The summed E-state index contributed by atoms with van der Waals surface area (Å²) in [6.07, 6.45) is 5.94. The number of aryl methyl sites for hydroxylation is 2. The molecule has 0 amide bonds. The Kier molecular flexibility index (Phi) is 5.61. The molecule has 0 aromatic carbocycles. The molecular formula is C15H23N3OS. The summed E-state index contributed by atoms with van der Waals surface area (Å²) in [6.45, 7) is 3.03. The number of nitrogens with two attached hydrogens (primary N) is 1. The molecule has 0 aliphatic carbocycles. The number of rotatable bonds is 8. The van der Waals surface area contributed by atoms with Gasteiger partial charge in [0.1, 0.15) is 0 Å². The van der Waals surface area contributed by atoms with Crippen molar-refractivity contribution < 1.29 is 4.74 Å². The number of aromatic nitrogens is 2. The molecule has 0 aliphatic rings. The second kappa shape index (κ2) is 7.45. The molecule has 2 heterocycles. The van der Waals surface area contributed by atoms with Crippen molar-refractivity contribution in [3.05, 3.63) is 34.3 Å². The highest BCUT2D eigenvalue weighted by atomic mass is 32.1. The smallest absolute Gasteiger partial charge is 0.161 e. The van der Waals surface area contributed by atoms with Crippen LogP contribution < -0.4 is 10.5 Å². The SMILES string of the molecule is CCCn1ncc(OC)c1C(N)CCCc1cccs1. The normalized spacial score (nSPS) is 12.6. The Morgan fingerprint density at radius 3 is 3.00 bits per heavy atom. The molecule has 1 unspecified atom stereocenters. The van der Waals surface area contributed by atoms with Gasteiger partial charge >= 0.3 is 0 Å². The predicted octanol–water partition coefficient (Wildman–Crippen LogP) is 3.39. The number of ether oxygens (including phenoxy) is 1. The van der Waals surface area contributed by atoms with E-state index < -0.39 is 0 Å². The number of hydrogen-bond donors (Lipinski definition) is 1. The molecule has 2 aromatic heterocycles. The summed E-state index contributed by atoms with van der Waals surface area (Å²) in [7, 11) is 1.68. The summed E-state index contributed by atoms with van der Waals surface area (Å²) in [5.74, 6) is 0.807. The molecule has 20 heavy (non-hydrogen) atoms. The van der Waals surface area contributed by atoms with E-state index in [9.17, 15) is 0 Å². The molecule has 0 bridgehead atoms. The fraction of sp³-hybridized carbons (Fsp3) is 0.533. The van der Waals surface area contributed by atoms with Crippen molar-refractivity contribution in [1.82, 2.24) is 9.78 Å². The minimum Gasteiger partial charge on any atom is -0.493 e. The van der Waals surface area contributed by atoms with Crippen molar-refractivity contribution >= 4 is 11.3 Å². The van der Waals surface area contributed by atoms with Gasteiger partial charge in [-0.2, -0.15) is 5.10 Å². The summed E-state index contributed by atoms with van der Waals surface area (Å²) in [6, 6.07) is 4.26. The van der Waals surface area contributed by atoms with Crippen molar-refractivity contribution in [2.45, 2.75) is 45.2 Å². The molecule has 2 N–H and O–H groups in total. The first-order valence-electron chi connectivity index (χ1n) is 7.14. The lowest BCUT2D eigenvalue weighted by molar-refractivity contribution is 0.397. The number of nitrogens with zero attached hydrogens (tertiary/aromatic N) is 2. The standard InChI is InChI=1S/C15H23N3OS/c1-3-9-18-15(14(19-2)11-17-18)13(16)8-4-6-12-7-5-10-20-12/h5,7,10-11,13H,3-4,6,8-9,16H2,1-2H3. The average Bonchev–Trinajstić information content (AvgIpc) is 3.08. The zero-order chi connectivity index (χ0) is 14.4. The zero-order valence-electron chi connectivity index (χ0n) is 12.2. The first-order valence-corrected chi connectivity index (χ1v) is 8.01. The number of methoxy groups -OCH3 is 1. The molecule has 0 fully saturated rings. The summed E-state index contributed by atoms with van der Waals surface area (Å²) >= 11 is 1.81. The summed E-state index contributed by atoms with van der Waals surface area (Å²) < 4.78 is 7.37. The van der Waals surface area contributed by atoms with Crippen LogP contribution in [-0.4, -0.2) is 16.9 Å². The maximum atomic E-state index is 6.35. The van der Waals surface area contributed by atoms with Crippen LogP contribution in [-0.2, 0) is 13.0 Å². The summed E-state index contributed by atoms with van der Waals surface area (Å²) in [4.78, 5) is 1.42. The monoisotopic (exact) mass is 293 g/mol. The third-order valence-corrected chi connectivity index (χ3v) is 4.31. The predicted molar refractivity (Wildman–Crippen MR) is 83.3 cm³/mol. The maximum absolute atomic E-state index is 6.35. The van der Waals surface area contributed by atoms with Crippen LogP contribution in [0.5, 0.6) is 5.75 Å². The van der Waals surface area contributed by atoms with Gasteiger partial charge < -0.3 is 10.5 Å². The summed E-state index contributed by atoms with van der Waals surface area (Å²) in [5, 5.41) is 6.49. The molecule has 5 heteroatoms. The van der Waals surface area contributed by atoms with Crippen molar-refractivity contribution in [2.75, 3.05) is 7.11 Å². The summed E-state index contributed by atoms with van der Waals surface area (Å²) in [5.41, 5.74) is 7.38. The lowest BCUT2D eigenvalue weighted by Crippen LogP contribution is -2.17. The van der Waals surface area contributed by atoms with Crippen LogP contribution in [0.2, 0.25) is 0 Å². The van der Waals surface area contributed by atoms with Gasteiger partial charge in [0.05, 0.1) is 25.0 Å². The molecular weight excluding hydrogens is 270 g/mol. The average molecular weight is 293 g/mol. The Labute approximate surface area is 124 Å². The Morgan fingerprint density at radius 2 is 2.35 bits per heavy atom. The number of hydrogen-bond acceptors (Lipinski definition) is 4. The number of thiophene rings is 1. The van der Waals surface area contributed by atoms with Gasteiger partial charge in [0.15, 0.2) is 5.75 Å². The molecule has 0 aliphatic heterocycles. The van der Waals surface area contributed by atoms with E-state index in [0.29, 0.717) is 0 Å². The molecule has 0 spiro atoms. The largest absolute Gasteiger partial charge is 0.493 e. The van der Waals surface area contributed by atoms with Crippen LogP contribution in [0.1, 0.15) is 42.8 Å². The van der Waals surface area contributed by atoms with Crippen molar-refractivity contribution in [3.8, 4) is 5.75 Å². The molecule has 2 aromatic rings. The Hall–Kier alpha value is -1.33. The first-order chi connectivity index (χ1) is 9.76. The van der Waals surface area contributed by atoms with Crippen LogP contribution in [0.3, 0.4) is 0 Å². The molecule has 2 rings (SSSR count). The van der Waals surface area contributed by atoms with Crippen LogP contribution in [0, 0.1) is 0 Å². The lowest BCUT2D eigenvalue weighted by Gasteiger charge is -2.15. The fourth-order valence-corrected chi connectivity index (χ4v) is 3.14. The van der Waals surface area contributed by atoms with Crippen LogP contribution in [0.4, 0.5) is 0 Å². The van der Waals surface area contributed by atoms with Crippen LogP contribution >= 0.6 is 11.3 Å². The Bertz CT molecular complexity index is 507. The van der Waals surface area contributed by atoms with Gasteiger partial charge in [0.25, 0.3) is 0 Å². The third-order valence-electron chi connectivity index (χ3n) is 3.37. The van der Waals surface area contributed by atoms with Gasteiger partial charge in [-0.15, -0.1) is 11.3 Å². The Balaban J connectivity index is 1.96. The fourth-order valence-electron chi connectivity index (χ4n) is 2.39. The second-order valence-electron chi connectivity index (χ2n) is 4.90. The van der Waals surface area contributed by atoms with Gasteiger partial charge in [-0.25, -0.2) is 0 Å². The molecule has 0 saturated heterocycles. The second-order valence-corrected chi connectivity index (χ2v) is 5.93. The van der Waals surface area contributed by atoms with E-state index in [1.54, 1.807) is 13.3 Å². The highest BCUT2D eigenvalue weighted by molar-refractivity contribution is 7.09. The Morgan fingerprint density at radius 1 is 1.50 bits per heavy atom. The highest BCUT2D eigenvalue weighted by Crippen LogP contribution is 2.27. The van der Waals surface area contributed by atoms with Crippen LogP contribution in [0.25, 0.3) is 0 Å². The van der Waals surface area contributed by atoms with Crippen LogP contribution in [0.15, 0.2) is 23.7 Å². The van der Waals surface area contributed by atoms with E-state index in [2.05, 4.69) is 29.5 Å². The van der Waals surface area contributed by atoms with Gasteiger partial charge in [-0.05, 0) is 37.1 Å². The molecule has 0 saturated carbocycles. The first kappa shape index (κ1) is 15.1. The van der Waals surface area contributed by atoms with Gasteiger partial charge in [-0.1, -0.05) is 13.0 Å². The minimum absolute atomic E-state index is 0.0148. The third kappa shape index (κ3) is 3.61. The van der Waals surface area contributed by atoms with E-state index in [0.717, 1.165) is 43.7 Å². The molecule has 4 nitrogen and oxygen atoms in total. The van der Waals surface area contributed by atoms with Crippen molar-refractivity contribution in [1.29, 1.82) is 0 Å². The van der Waals surface area contributed by atoms with E-state index in [4.69, 9.17) is 10.5 Å². The zero-order valence-corrected chi connectivity index (χ0v) is 13.0. The van der Waals surface area contributed by atoms with E-state index in [-0.39, 0.29) is 6.04 Å². The van der Waals surface area contributed by atoms with Gasteiger partial charge in [-0.3, -0.25) is 4.68 Å². The minimum atomic E-state index is -0.0148. The lowest BCUT2D eigenvalue weighted by atomic mass is 10.1. The van der Waals surface area contributed by atoms with E-state index in [1.165, 1.54) is 4.88 Å². The highest BCUT2D eigenvalue weighted by Gasteiger charge is 2.18. The van der Waals surface area contributed by atoms with E-state index in [1.807, 2.05) is 16.0 Å². The van der Waals surface area contributed by atoms with Gasteiger partial charge in [0, 0.05) is 11.4 Å². The van der Waals surface area contributed by atoms with Crippen molar-refractivity contribution in [2.24, 2.45) is 5.73 Å². The molecule has 110 valence electrons. The van der Waals surface area contributed by atoms with E-state index >= 15 is 0 Å². The van der Waals surface area contributed by atoms with Crippen molar-refractivity contribution in [3.63, 3.8) is 0 Å². The quantitative estimate of drug-likeness (QED) is 0.811. The molecule has 1 atom stereocenters. The van der Waals surface area contributed by atoms with Gasteiger partial charge in [0.2, 0.25) is 0 Å². The maximum Gasteiger partial charge on any atom is 0.161 e. The topological polar surface area (TPSA) is 53.1 Å². The molecule has 0 radical (unpaired) electrons.